The number of sulfone groups is 1. The molecule has 2 saturated heterocycles. The van der Waals surface area contributed by atoms with Crippen molar-refractivity contribution in [3.63, 3.8) is 0 Å². The molecule has 0 unspecified atom stereocenters. The van der Waals surface area contributed by atoms with Crippen molar-refractivity contribution in [2.75, 3.05) is 24.6 Å². The van der Waals surface area contributed by atoms with Crippen molar-refractivity contribution < 1.29 is 39.6 Å². The van der Waals surface area contributed by atoms with Gasteiger partial charge in [-0.05, 0) is 68.4 Å². The zero-order chi connectivity index (χ0) is 30.3. The first-order valence-corrected chi connectivity index (χ1v) is 17.1. The van der Waals surface area contributed by atoms with Gasteiger partial charge in [-0.2, -0.15) is 17.5 Å². The predicted molar refractivity (Wildman–Crippen MR) is 148 cm³/mol. The number of nitrogens with zero attached hydrogens (tertiary/aromatic N) is 2. The minimum atomic E-state index is -4.63. The third kappa shape index (κ3) is 6.35. The van der Waals surface area contributed by atoms with E-state index in [1.165, 1.54) is 22.5 Å². The van der Waals surface area contributed by atoms with Gasteiger partial charge < -0.3 is 10.2 Å². The number of rotatable bonds is 7. The second-order valence-corrected chi connectivity index (χ2v) is 15.2. The molecule has 2 aromatic carbocycles. The van der Waals surface area contributed by atoms with Crippen LogP contribution in [0.5, 0.6) is 0 Å². The fourth-order valence-electron chi connectivity index (χ4n) is 6.39. The van der Waals surface area contributed by atoms with Gasteiger partial charge in [0.25, 0.3) is 5.91 Å². The third-order valence-electron chi connectivity index (χ3n) is 8.39. The molecule has 0 radical (unpaired) electrons. The quantitative estimate of drug-likeness (QED) is 0.504. The van der Waals surface area contributed by atoms with E-state index in [4.69, 9.17) is 0 Å². The van der Waals surface area contributed by atoms with Crippen LogP contribution in [-0.2, 0) is 30.8 Å². The molecular formula is C28H32F3N3O6S2. The molecule has 1 saturated carbocycles. The van der Waals surface area contributed by atoms with Crippen LogP contribution in [0, 0.1) is 5.92 Å². The largest absolute Gasteiger partial charge is 0.416 e. The van der Waals surface area contributed by atoms with Crippen LogP contribution in [0.4, 0.5) is 13.2 Å². The minimum absolute atomic E-state index is 0.0533. The molecule has 42 heavy (non-hydrogen) atoms. The molecule has 1 N–H and O–H groups in total. The Bertz CT molecular complexity index is 1550. The van der Waals surface area contributed by atoms with Crippen LogP contribution >= 0.6 is 0 Å². The summed E-state index contributed by atoms with van der Waals surface area (Å²) in [6.45, 7) is 0.605. The van der Waals surface area contributed by atoms with E-state index >= 15 is 0 Å². The maximum atomic E-state index is 13.5. The van der Waals surface area contributed by atoms with E-state index < -0.39 is 61.4 Å². The van der Waals surface area contributed by atoms with Crippen LogP contribution in [0.25, 0.3) is 0 Å². The SMILES string of the molecule is O=C(N[C@H]1CCN([C@H]2CC[C@@H](N3CCCS3(=O)=O)C[C@H]2CS(=O)(=O)c2ccccc2)C1=O)c1cccc(C(F)(F)F)c1. The number of hydrogen-bond acceptors (Lipinski definition) is 6. The van der Waals surface area contributed by atoms with Crippen LogP contribution in [0.3, 0.4) is 0 Å². The van der Waals surface area contributed by atoms with Crippen molar-refractivity contribution in [3.8, 4) is 0 Å². The van der Waals surface area contributed by atoms with Crippen LogP contribution in [0.2, 0.25) is 0 Å². The smallest absolute Gasteiger partial charge is 0.340 e. The molecule has 3 aliphatic rings. The Kier molecular flexibility index (Phi) is 8.42. The number of sulfonamides is 1. The standard InChI is InChI=1S/C28H32F3N3O6S2/c29-28(30,31)21-7-4-6-19(16-21)26(35)32-24-12-14-33(27(24)36)25-11-10-22(34-13-5-15-42(34,39)40)17-20(25)18-41(37,38)23-8-2-1-3-9-23/h1-4,6-9,16,20,22,24-25H,5,10-15,17-18H2,(H,32,35)/t20-,22+,24-,25-/m0/s1. The molecule has 4 atom stereocenters. The molecule has 0 aromatic heterocycles. The molecule has 2 aliphatic heterocycles. The maximum absolute atomic E-state index is 13.5. The monoisotopic (exact) mass is 627 g/mol. The molecule has 1 aliphatic carbocycles. The van der Waals surface area contributed by atoms with Gasteiger partial charge in [-0.3, -0.25) is 9.59 Å². The van der Waals surface area contributed by atoms with E-state index in [1.54, 1.807) is 23.1 Å². The summed E-state index contributed by atoms with van der Waals surface area (Å²) in [5, 5.41) is 2.54. The van der Waals surface area contributed by atoms with Crippen molar-refractivity contribution in [3.05, 3.63) is 65.7 Å². The molecule has 2 aromatic rings. The molecule has 14 heteroatoms. The van der Waals surface area contributed by atoms with E-state index in [0.29, 0.717) is 25.8 Å². The topological polar surface area (TPSA) is 121 Å². The van der Waals surface area contributed by atoms with Gasteiger partial charge in [0, 0.05) is 30.7 Å². The molecule has 3 fully saturated rings. The Hall–Kier alpha value is -2.97. The lowest BCUT2D eigenvalue weighted by molar-refractivity contribution is -0.137. The summed E-state index contributed by atoms with van der Waals surface area (Å²) in [4.78, 5) is 28.0. The van der Waals surface area contributed by atoms with E-state index in [1.807, 2.05) is 0 Å². The summed E-state index contributed by atoms with van der Waals surface area (Å²) in [5.41, 5.74) is -1.20. The highest BCUT2D eigenvalue weighted by atomic mass is 32.2. The van der Waals surface area contributed by atoms with Crippen LogP contribution < -0.4 is 5.32 Å². The van der Waals surface area contributed by atoms with Gasteiger partial charge >= 0.3 is 6.18 Å². The number of halogens is 3. The zero-order valence-corrected chi connectivity index (χ0v) is 24.3. The van der Waals surface area contributed by atoms with Crippen molar-refractivity contribution in [2.45, 2.75) is 61.3 Å². The lowest BCUT2D eigenvalue weighted by Crippen LogP contribution is -2.53. The Morgan fingerprint density at radius 1 is 1.00 bits per heavy atom. The summed E-state index contributed by atoms with van der Waals surface area (Å²) in [7, 11) is -7.20. The van der Waals surface area contributed by atoms with Crippen LogP contribution in [0.1, 0.15) is 48.0 Å². The van der Waals surface area contributed by atoms with Gasteiger partial charge in [-0.25, -0.2) is 16.8 Å². The number of amides is 2. The molecule has 5 rings (SSSR count). The van der Waals surface area contributed by atoms with Gasteiger partial charge in [0.2, 0.25) is 15.9 Å². The highest BCUT2D eigenvalue weighted by molar-refractivity contribution is 7.91. The lowest BCUT2D eigenvalue weighted by atomic mass is 9.81. The first-order valence-electron chi connectivity index (χ1n) is 13.8. The summed E-state index contributed by atoms with van der Waals surface area (Å²) in [6, 6.07) is 10.0. The van der Waals surface area contributed by atoms with Gasteiger partial charge in [0.15, 0.2) is 9.84 Å². The highest BCUT2D eigenvalue weighted by Crippen LogP contribution is 2.37. The second-order valence-electron chi connectivity index (χ2n) is 11.1. The average molecular weight is 628 g/mol. The molecule has 9 nitrogen and oxygen atoms in total. The second kappa shape index (κ2) is 11.6. The van der Waals surface area contributed by atoms with Crippen molar-refractivity contribution in [1.29, 1.82) is 0 Å². The predicted octanol–water partition coefficient (Wildman–Crippen LogP) is 3.08. The highest BCUT2D eigenvalue weighted by Gasteiger charge is 2.46. The van der Waals surface area contributed by atoms with Gasteiger partial charge in [0.05, 0.1) is 22.0 Å². The summed E-state index contributed by atoms with van der Waals surface area (Å²) in [5.74, 6) is -2.04. The van der Waals surface area contributed by atoms with E-state index in [2.05, 4.69) is 5.32 Å². The number of hydrogen-bond donors (Lipinski definition) is 1. The number of carbonyl (C=O) groups excluding carboxylic acids is 2. The van der Waals surface area contributed by atoms with Crippen molar-refractivity contribution in [2.24, 2.45) is 5.92 Å². The third-order valence-corrected chi connectivity index (χ3v) is 12.3. The summed E-state index contributed by atoms with van der Waals surface area (Å²) < 4.78 is 92.9. The Morgan fingerprint density at radius 2 is 1.74 bits per heavy atom. The average Bonchev–Trinajstić information content (AvgIpc) is 3.49. The summed E-state index contributed by atoms with van der Waals surface area (Å²) in [6.07, 6.45) is -2.81. The fourth-order valence-corrected chi connectivity index (χ4v) is 9.86. The fraction of sp³-hybridized carbons (Fsp3) is 0.500. The number of carbonyl (C=O) groups is 2. The molecule has 2 amide bonds. The minimum Gasteiger partial charge on any atom is -0.340 e. The lowest BCUT2D eigenvalue weighted by Gasteiger charge is -2.43. The van der Waals surface area contributed by atoms with Gasteiger partial charge in [-0.15, -0.1) is 0 Å². The zero-order valence-electron chi connectivity index (χ0n) is 22.7. The molecule has 2 heterocycles. The Balaban J connectivity index is 1.34. The molecule has 0 spiro atoms. The van der Waals surface area contributed by atoms with Crippen molar-refractivity contribution >= 4 is 31.7 Å². The van der Waals surface area contributed by atoms with Gasteiger partial charge in [0.1, 0.15) is 6.04 Å². The van der Waals surface area contributed by atoms with E-state index in [9.17, 15) is 39.6 Å². The number of nitrogens with one attached hydrogen (secondary N) is 1. The summed E-state index contributed by atoms with van der Waals surface area (Å²) >= 11 is 0. The van der Waals surface area contributed by atoms with Crippen LogP contribution in [-0.4, -0.2) is 80.6 Å². The van der Waals surface area contributed by atoms with E-state index in [0.717, 1.165) is 18.2 Å². The van der Waals surface area contributed by atoms with Crippen molar-refractivity contribution in [1.82, 2.24) is 14.5 Å². The number of likely N-dealkylation sites (tertiary alicyclic amines) is 1. The van der Waals surface area contributed by atoms with Crippen LogP contribution in [0.15, 0.2) is 59.5 Å². The normalized spacial score (nSPS) is 26.8. The number of benzene rings is 2. The first-order chi connectivity index (χ1) is 19.8. The maximum Gasteiger partial charge on any atom is 0.416 e. The number of alkyl halides is 3. The molecular weight excluding hydrogens is 595 g/mol. The molecule has 228 valence electrons. The Labute approximate surface area is 243 Å². The van der Waals surface area contributed by atoms with Gasteiger partial charge in [-0.1, -0.05) is 24.3 Å². The first kappa shape index (κ1) is 30.5. The van der Waals surface area contributed by atoms with E-state index in [-0.39, 0.29) is 47.4 Å². The Morgan fingerprint density at radius 3 is 2.40 bits per heavy atom. The molecule has 0 bridgehead atoms.